The van der Waals surface area contributed by atoms with Crippen LogP contribution >= 0.6 is 0 Å². The van der Waals surface area contributed by atoms with Gasteiger partial charge >= 0.3 is 0 Å². The number of amides is 2. The minimum absolute atomic E-state index is 0.0350. The standard InChI is InChI=1S/C28H33N3O4S/c1-2-26(32)29-22-15-18-31(28(19-22)16-6-17-28)36(34,35)23-13-11-21(12-14-23)27(33)30-25-10-5-8-20-7-3-4-9-24(20)25/h2-4,7,9,11-14,22,25H,1,5-6,8,10,15-19H2,(H,29,32)(H,30,33). The summed E-state index contributed by atoms with van der Waals surface area (Å²) in [6.45, 7) is 3.86. The van der Waals surface area contributed by atoms with E-state index in [1.54, 1.807) is 16.4 Å². The molecule has 2 fully saturated rings. The molecule has 2 N–H and O–H groups in total. The fourth-order valence-electron chi connectivity index (χ4n) is 6.02. The first-order chi connectivity index (χ1) is 17.3. The summed E-state index contributed by atoms with van der Waals surface area (Å²) in [7, 11) is -3.73. The van der Waals surface area contributed by atoms with Crippen LogP contribution in [0.15, 0.2) is 66.1 Å². The molecule has 36 heavy (non-hydrogen) atoms. The molecule has 1 saturated carbocycles. The van der Waals surface area contributed by atoms with E-state index in [9.17, 15) is 18.0 Å². The molecule has 0 radical (unpaired) electrons. The van der Waals surface area contributed by atoms with Crippen molar-refractivity contribution >= 4 is 21.8 Å². The van der Waals surface area contributed by atoms with E-state index in [2.05, 4.69) is 29.3 Å². The van der Waals surface area contributed by atoms with Gasteiger partial charge in [0, 0.05) is 23.7 Å². The molecule has 2 aromatic carbocycles. The minimum Gasteiger partial charge on any atom is -0.350 e. The number of benzene rings is 2. The molecule has 0 bridgehead atoms. The first-order valence-electron chi connectivity index (χ1n) is 12.8. The number of carbonyl (C=O) groups excluding carboxylic acids is 2. The molecule has 1 spiro atoms. The maximum Gasteiger partial charge on any atom is 0.251 e. The van der Waals surface area contributed by atoms with E-state index in [1.165, 1.54) is 23.8 Å². The van der Waals surface area contributed by atoms with Crippen molar-refractivity contribution in [1.82, 2.24) is 14.9 Å². The molecule has 2 aliphatic carbocycles. The number of rotatable bonds is 6. The Morgan fingerprint density at radius 2 is 1.75 bits per heavy atom. The van der Waals surface area contributed by atoms with Crippen LogP contribution in [0.2, 0.25) is 0 Å². The number of nitrogens with zero attached hydrogens (tertiary/aromatic N) is 1. The predicted molar refractivity (Wildman–Crippen MR) is 138 cm³/mol. The number of carbonyl (C=O) groups is 2. The molecule has 2 atom stereocenters. The summed E-state index contributed by atoms with van der Waals surface area (Å²) in [5.74, 6) is -0.425. The highest BCUT2D eigenvalue weighted by molar-refractivity contribution is 7.89. The Labute approximate surface area is 213 Å². The average Bonchev–Trinajstić information content (AvgIpc) is 2.87. The zero-order chi connectivity index (χ0) is 25.3. The van der Waals surface area contributed by atoms with Crippen molar-refractivity contribution < 1.29 is 18.0 Å². The van der Waals surface area contributed by atoms with Crippen LogP contribution in [0, 0.1) is 0 Å². The van der Waals surface area contributed by atoms with Gasteiger partial charge in [-0.1, -0.05) is 30.8 Å². The van der Waals surface area contributed by atoms with Gasteiger partial charge in [0.2, 0.25) is 15.9 Å². The summed E-state index contributed by atoms with van der Waals surface area (Å²) in [4.78, 5) is 25.0. The highest BCUT2D eigenvalue weighted by atomic mass is 32.2. The number of sulfonamides is 1. The third kappa shape index (κ3) is 4.60. The van der Waals surface area contributed by atoms with Gasteiger partial charge in [0.1, 0.15) is 0 Å². The summed E-state index contributed by atoms with van der Waals surface area (Å²) >= 11 is 0. The lowest BCUT2D eigenvalue weighted by molar-refractivity contribution is -0.117. The molecule has 7 nitrogen and oxygen atoms in total. The van der Waals surface area contributed by atoms with Crippen LogP contribution in [0.25, 0.3) is 0 Å². The van der Waals surface area contributed by atoms with Crippen LogP contribution in [-0.2, 0) is 21.2 Å². The second-order valence-electron chi connectivity index (χ2n) is 10.2. The fourth-order valence-corrected chi connectivity index (χ4v) is 7.87. The largest absolute Gasteiger partial charge is 0.350 e. The molecular weight excluding hydrogens is 474 g/mol. The average molecular weight is 508 g/mol. The molecule has 2 unspecified atom stereocenters. The molecule has 8 heteroatoms. The SMILES string of the molecule is C=CC(=O)NC1CCN(S(=O)(=O)c2ccc(C(=O)NC3CCCc4ccccc43)cc2)C2(CCC2)C1. The highest BCUT2D eigenvalue weighted by Crippen LogP contribution is 2.47. The number of hydrogen-bond donors (Lipinski definition) is 2. The molecule has 2 amide bonds. The van der Waals surface area contributed by atoms with Gasteiger partial charge < -0.3 is 10.6 Å². The summed E-state index contributed by atoms with van der Waals surface area (Å²) in [6.07, 6.45) is 7.90. The second kappa shape index (κ2) is 9.82. The molecule has 1 aliphatic heterocycles. The van der Waals surface area contributed by atoms with E-state index in [0.717, 1.165) is 44.1 Å². The van der Waals surface area contributed by atoms with Crippen LogP contribution in [-0.4, -0.2) is 42.7 Å². The molecule has 2 aromatic rings. The molecule has 0 aromatic heterocycles. The molecule has 3 aliphatic rings. The normalized spacial score (nSPS) is 23.2. The van der Waals surface area contributed by atoms with E-state index < -0.39 is 15.6 Å². The van der Waals surface area contributed by atoms with Gasteiger partial charge in [-0.3, -0.25) is 9.59 Å². The monoisotopic (exact) mass is 507 g/mol. The van der Waals surface area contributed by atoms with E-state index in [4.69, 9.17) is 0 Å². The van der Waals surface area contributed by atoms with Crippen molar-refractivity contribution in [2.75, 3.05) is 6.54 Å². The Hall–Kier alpha value is -2.97. The zero-order valence-electron chi connectivity index (χ0n) is 20.4. The van der Waals surface area contributed by atoms with Crippen molar-refractivity contribution in [3.8, 4) is 0 Å². The van der Waals surface area contributed by atoms with Crippen molar-refractivity contribution in [3.05, 3.63) is 77.9 Å². The number of fused-ring (bicyclic) bond motifs is 1. The smallest absolute Gasteiger partial charge is 0.251 e. The lowest BCUT2D eigenvalue weighted by Crippen LogP contribution is -2.63. The second-order valence-corrected chi connectivity index (χ2v) is 12.1. The van der Waals surface area contributed by atoms with Gasteiger partial charge in [0.15, 0.2) is 0 Å². The van der Waals surface area contributed by atoms with Gasteiger partial charge in [-0.25, -0.2) is 8.42 Å². The van der Waals surface area contributed by atoms with Crippen molar-refractivity contribution in [3.63, 3.8) is 0 Å². The topological polar surface area (TPSA) is 95.6 Å². The Balaban J connectivity index is 1.30. The van der Waals surface area contributed by atoms with E-state index in [-0.39, 0.29) is 28.8 Å². The minimum atomic E-state index is -3.73. The van der Waals surface area contributed by atoms with Crippen molar-refractivity contribution in [2.24, 2.45) is 0 Å². The van der Waals surface area contributed by atoms with Crippen molar-refractivity contribution in [1.29, 1.82) is 0 Å². The number of aryl methyl sites for hydroxylation is 1. The Kier molecular flexibility index (Phi) is 6.74. The third-order valence-corrected chi connectivity index (χ3v) is 10.0. The highest BCUT2D eigenvalue weighted by Gasteiger charge is 2.51. The van der Waals surface area contributed by atoms with Gasteiger partial charge in [-0.05, 0) is 92.8 Å². The van der Waals surface area contributed by atoms with Crippen LogP contribution in [0.5, 0.6) is 0 Å². The first-order valence-corrected chi connectivity index (χ1v) is 14.2. The number of nitrogens with one attached hydrogen (secondary N) is 2. The fraction of sp³-hybridized carbons (Fsp3) is 0.429. The molecule has 1 heterocycles. The maximum atomic E-state index is 13.6. The molecule has 190 valence electrons. The quantitative estimate of drug-likeness (QED) is 0.580. The van der Waals surface area contributed by atoms with E-state index in [0.29, 0.717) is 24.9 Å². The van der Waals surface area contributed by atoms with Gasteiger partial charge in [0.25, 0.3) is 5.91 Å². The van der Waals surface area contributed by atoms with Crippen LogP contribution in [0.1, 0.15) is 72.5 Å². The van der Waals surface area contributed by atoms with Gasteiger partial charge in [0.05, 0.1) is 10.9 Å². The molecule has 5 rings (SSSR count). The number of hydrogen-bond acceptors (Lipinski definition) is 4. The third-order valence-electron chi connectivity index (χ3n) is 8.03. The van der Waals surface area contributed by atoms with Crippen LogP contribution < -0.4 is 10.6 Å². The maximum absolute atomic E-state index is 13.6. The first kappa shape index (κ1) is 24.7. The Morgan fingerprint density at radius 3 is 2.44 bits per heavy atom. The van der Waals surface area contributed by atoms with Crippen LogP contribution in [0.4, 0.5) is 0 Å². The number of piperidine rings is 1. The summed E-state index contributed by atoms with van der Waals surface area (Å²) < 4.78 is 28.9. The van der Waals surface area contributed by atoms with Crippen LogP contribution in [0.3, 0.4) is 0 Å². The molecule has 1 saturated heterocycles. The summed E-state index contributed by atoms with van der Waals surface area (Å²) in [5.41, 5.74) is 2.42. The van der Waals surface area contributed by atoms with E-state index in [1.807, 2.05) is 12.1 Å². The Bertz CT molecular complexity index is 1270. The van der Waals surface area contributed by atoms with Gasteiger partial charge in [-0.2, -0.15) is 4.31 Å². The predicted octanol–water partition coefficient (Wildman–Crippen LogP) is 3.87. The molecular formula is C28H33N3O4S. The summed E-state index contributed by atoms with van der Waals surface area (Å²) in [6, 6.07) is 14.4. The van der Waals surface area contributed by atoms with E-state index >= 15 is 0 Å². The lowest BCUT2D eigenvalue weighted by atomic mass is 9.70. The zero-order valence-corrected chi connectivity index (χ0v) is 21.2. The Morgan fingerprint density at radius 1 is 1.00 bits per heavy atom. The summed E-state index contributed by atoms with van der Waals surface area (Å²) in [5, 5.41) is 6.07. The van der Waals surface area contributed by atoms with Gasteiger partial charge in [-0.15, -0.1) is 0 Å². The van der Waals surface area contributed by atoms with Crippen molar-refractivity contribution in [2.45, 2.75) is 73.9 Å². The lowest BCUT2D eigenvalue weighted by Gasteiger charge is -2.54.